The number of fused-ring (bicyclic) bond motifs is 1. The van der Waals surface area contributed by atoms with Crippen LogP contribution in [0.5, 0.6) is 0 Å². The first-order valence-corrected chi connectivity index (χ1v) is 10.8. The average Bonchev–Trinajstić information content (AvgIpc) is 3.24. The van der Waals surface area contributed by atoms with E-state index >= 15 is 0 Å². The molecule has 2 fully saturated rings. The Morgan fingerprint density at radius 1 is 1.25 bits per heavy atom. The van der Waals surface area contributed by atoms with Gasteiger partial charge in [0.15, 0.2) is 5.78 Å². The van der Waals surface area contributed by atoms with E-state index in [0.29, 0.717) is 31.0 Å². The predicted octanol–water partition coefficient (Wildman–Crippen LogP) is 2.87. The smallest absolute Gasteiger partial charge is 0.323 e. The minimum Gasteiger partial charge on any atom is -0.465 e. The van der Waals surface area contributed by atoms with Crippen molar-refractivity contribution >= 4 is 11.8 Å². The predicted molar refractivity (Wildman–Crippen MR) is 110 cm³/mol. The fourth-order valence-corrected chi connectivity index (χ4v) is 4.94. The van der Waals surface area contributed by atoms with Gasteiger partial charge in [-0.2, -0.15) is 0 Å². The molecule has 1 saturated carbocycles. The van der Waals surface area contributed by atoms with E-state index < -0.39 is 6.04 Å². The lowest BCUT2D eigenvalue weighted by atomic mass is 9.91. The number of rotatable bonds is 9. The molecule has 0 amide bonds. The topological polar surface area (TPSA) is 67.4 Å². The number of esters is 1. The summed E-state index contributed by atoms with van der Waals surface area (Å²) >= 11 is 0. The molecule has 5 nitrogen and oxygen atoms in total. The van der Waals surface area contributed by atoms with E-state index in [9.17, 15) is 9.59 Å². The standard InChI is InChI=1S/C23H34N2O3/c1-4-28-23(27)20(13-10-17-8-6-5-7-9-17)25-16(3)22(26)19-12-11-18-14-15(2)24-21(18)19/h5-9,15-16,18-21,24-25H,4,10-14H2,1-3H3. The number of Topliss-reactive ketones (excluding diaryl/α,β-unsaturated/α-hetero) is 1. The molecule has 28 heavy (non-hydrogen) atoms. The number of aryl methyl sites for hydroxylation is 1. The highest BCUT2D eigenvalue weighted by molar-refractivity contribution is 5.88. The van der Waals surface area contributed by atoms with Crippen LogP contribution < -0.4 is 10.6 Å². The molecule has 154 valence electrons. The first kappa shape index (κ1) is 21.0. The van der Waals surface area contributed by atoms with E-state index in [1.165, 1.54) is 12.0 Å². The van der Waals surface area contributed by atoms with E-state index in [-0.39, 0.29) is 23.7 Å². The summed E-state index contributed by atoms with van der Waals surface area (Å²) in [5.41, 5.74) is 1.18. The molecule has 0 bridgehead atoms. The zero-order chi connectivity index (χ0) is 20.1. The quantitative estimate of drug-likeness (QED) is 0.639. The maximum atomic E-state index is 13.1. The summed E-state index contributed by atoms with van der Waals surface area (Å²) in [5.74, 6) is 0.627. The summed E-state index contributed by atoms with van der Waals surface area (Å²) in [6, 6.07) is 10.1. The van der Waals surface area contributed by atoms with Crippen molar-refractivity contribution in [3.8, 4) is 0 Å². The van der Waals surface area contributed by atoms with Crippen LogP contribution in [0, 0.1) is 11.8 Å². The molecule has 0 spiro atoms. The lowest BCUT2D eigenvalue weighted by Gasteiger charge is -2.26. The van der Waals surface area contributed by atoms with Crippen molar-refractivity contribution in [2.24, 2.45) is 11.8 Å². The van der Waals surface area contributed by atoms with Crippen molar-refractivity contribution in [2.75, 3.05) is 6.61 Å². The maximum Gasteiger partial charge on any atom is 0.323 e. The van der Waals surface area contributed by atoms with Gasteiger partial charge < -0.3 is 10.1 Å². The number of carbonyl (C=O) groups is 2. The Kier molecular flexibility index (Phi) is 7.24. The number of nitrogens with one attached hydrogen (secondary N) is 2. The molecule has 5 heteroatoms. The third-order valence-electron chi connectivity index (χ3n) is 6.30. The summed E-state index contributed by atoms with van der Waals surface area (Å²) in [6.07, 6.45) is 4.63. The van der Waals surface area contributed by atoms with Gasteiger partial charge in [0.25, 0.3) is 0 Å². The average molecular weight is 387 g/mol. The minimum absolute atomic E-state index is 0.0504. The van der Waals surface area contributed by atoms with Gasteiger partial charge in [-0.15, -0.1) is 0 Å². The van der Waals surface area contributed by atoms with Crippen molar-refractivity contribution in [2.45, 2.75) is 77.0 Å². The molecule has 2 aliphatic rings. The van der Waals surface area contributed by atoms with Crippen molar-refractivity contribution in [1.82, 2.24) is 10.6 Å². The highest BCUT2D eigenvalue weighted by atomic mass is 16.5. The zero-order valence-electron chi connectivity index (χ0n) is 17.3. The van der Waals surface area contributed by atoms with Crippen LogP contribution in [0.3, 0.4) is 0 Å². The molecule has 2 N–H and O–H groups in total. The van der Waals surface area contributed by atoms with E-state index in [1.807, 2.05) is 32.0 Å². The Balaban J connectivity index is 1.60. The highest BCUT2D eigenvalue weighted by Crippen LogP contribution is 2.39. The van der Waals surface area contributed by atoms with Crippen LogP contribution in [0.15, 0.2) is 30.3 Å². The number of carbonyl (C=O) groups excluding carboxylic acids is 2. The van der Waals surface area contributed by atoms with Gasteiger partial charge >= 0.3 is 5.97 Å². The van der Waals surface area contributed by atoms with Crippen LogP contribution >= 0.6 is 0 Å². The van der Waals surface area contributed by atoms with Crippen LogP contribution in [0.2, 0.25) is 0 Å². The molecule has 6 unspecified atom stereocenters. The zero-order valence-corrected chi connectivity index (χ0v) is 17.3. The van der Waals surface area contributed by atoms with Crippen LogP contribution in [0.4, 0.5) is 0 Å². The van der Waals surface area contributed by atoms with Crippen LogP contribution in [0.25, 0.3) is 0 Å². The fraction of sp³-hybridized carbons (Fsp3) is 0.652. The molecule has 6 atom stereocenters. The molecule has 1 aliphatic carbocycles. The van der Waals surface area contributed by atoms with Crippen LogP contribution in [-0.2, 0) is 20.7 Å². The van der Waals surface area contributed by atoms with Gasteiger partial charge in [-0.3, -0.25) is 14.9 Å². The third kappa shape index (κ3) is 5.00. The van der Waals surface area contributed by atoms with Crippen molar-refractivity contribution in [3.63, 3.8) is 0 Å². The Bertz CT molecular complexity index is 663. The Morgan fingerprint density at radius 3 is 2.71 bits per heavy atom. The lowest BCUT2D eigenvalue weighted by Crippen LogP contribution is -2.50. The maximum absolute atomic E-state index is 13.1. The van der Waals surface area contributed by atoms with Crippen molar-refractivity contribution in [3.05, 3.63) is 35.9 Å². The molecule has 1 saturated heterocycles. The summed E-state index contributed by atoms with van der Waals surface area (Å²) in [6.45, 7) is 6.25. The number of hydrogen-bond donors (Lipinski definition) is 2. The molecule has 1 heterocycles. The second-order valence-corrected chi connectivity index (χ2v) is 8.39. The summed E-state index contributed by atoms with van der Waals surface area (Å²) in [7, 11) is 0. The summed E-state index contributed by atoms with van der Waals surface area (Å²) < 4.78 is 5.26. The van der Waals surface area contributed by atoms with E-state index in [2.05, 4.69) is 29.7 Å². The van der Waals surface area contributed by atoms with Crippen molar-refractivity contribution < 1.29 is 14.3 Å². The van der Waals surface area contributed by atoms with Gasteiger partial charge in [0.2, 0.25) is 0 Å². The first-order chi connectivity index (χ1) is 13.5. The summed E-state index contributed by atoms with van der Waals surface area (Å²) in [4.78, 5) is 25.6. The Hall–Kier alpha value is -1.72. The molecule has 1 aromatic carbocycles. The minimum atomic E-state index is -0.466. The number of ether oxygens (including phenoxy) is 1. The SMILES string of the molecule is CCOC(=O)C(CCc1ccccc1)NC(C)C(=O)C1CCC2CC(C)NC21. The van der Waals surface area contributed by atoms with Gasteiger partial charge in [-0.1, -0.05) is 30.3 Å². The van der Waals surface area contributed by atoms with Gasteiger partial charge in [0, 0.05) is 18.0 Å². The second-order valence-electron chi connectivity index (χ2n) is 8.39. The van der Waals surface area contributed by atoms with Gasteiger partial charge in [-0.05, 0) is 64.4 Å². The highest BCUT2D eigenvalue weighted by Gasteiger charge is 2.45. The van der Waals surface area contributed by atoms with Gasteiger partial charge in [0.05, 0.1) is 12.6 Å². The molecular formula is C23H34N2O3. The van der Waals surface area contributed by atoms with Gasteiger partial charge in [-0.25, -0.2) is 0 Å². The number of hydrogen-bond acceptors (Lipinski definition) is 5. The molecule has 3 rings (SSSR count). The normalized spacial score (nSPS) is 28.5. The van der Waals surface area contributed by atoms with Crippen molar-refractivity contribution in [1.29, 1.82) is 0 Å². The summed E-state index contributed by atoms with van der Waals surface area (Å²) in [5, 5.41) is 6.89. The fourth-order valence-electron chi connectivity index (χ4n) is 4.94. The second kappa shape index (κ2) is 9.66. The van der Waals surface area contributed by atoms with E-state index in [4.69, 9.17) is 4.74 Å². The van der Waals surface area contributed by atoms with Gasteiger partial charge in [0.1, 0.15) is 6.04 Å². The largest absolute Gasteiger partial charge is 0.465 e. The Morgan fingerprint density at radius 2 is 2.00 bits per heavy atom. The lowest BCUT2D eigenvalue weighted by molar-refractivity contribution is -0.146. The first-order valence-electron chi connectivity index (χ1n) is 10.8. The molecule has 0 radical (unpaired) electrons. The van der Waals surface area contributed by atoms with Crippen LogP contribution in [0.1, 0.15) is 52.0 Å². The van der Waals surface area contributed by atoms with E-state index in [1.54, 1.807) is 0 Å². The molecule has 1 aromatic rings. The molecule has 0 aromatic heterocycles. The van der Waals surface area contributed by atoms with E-state index in [0.717, 1.165) is 19.3 Å². The van der Waals surface area contributed by atoms with Crippen LogP contribution in [-0.4, -0.2) is 42.5 Å². The molecular weight excluding hydrogens is 352 g/mol. The Labute approximate surface area is 168 Å². The molecule has 1 aliphatic heterocycles. The number of ketones is 1. The third-order valence-corrected chi connectivity index (χ3v) is 6.30. The monoisotopic (exact) mass is 386 g/mol. The number of benzene rings is 1.